The second kappa shape index (κ2) is 4.43. The molecule has 1 heterocycles. The van der Waals surface area contributed by atoms with E-state index in [0.717, 1.165) is 13.1 Å². The molecule has 92 valence electrons. The molecule has 3 rings (SSSR count). The van der Waals surface area contributed by atoms with Gasteiger partial charge in [-0.25, -0.2) is 0 Å². The Bertz CT molecular complexity index is 396. The zero-order valence-corrected chi connectivity index (χ0v) is 10.5. The molecule has 1 aromatic carbocycles. The topological polar surface area (TPSA) is 29.3 Å². The molecule has 1 aliphatic heterocycles. The van der Waals surface area contributed by atoms with Gasteiger partial charge in [-0.2, -0.15) is 0 Å². The number of nitrogens with two attached hydrogens (primary N) is 1. The average molecular weight is 230 g/mol. The average Bonchev–Trinajstić information content (AvgIpc) is 3.13. The molecule has 17 heavy (non-hydrogen) atoms. The normalized spacial score (nSPS) is 22.9. The SMILES string of the molecule is NCC1(CN2CCCc3ccccc3C2)CC1. The van der Waals surface area contributed by atoms with Crippen molar-refractivity contribution in [3.05, 3.63) is 35.4 Å². The van der Waals surface area contributed by atoms with Crippen molar-refractivity contribution < 1.29 is 0 Å². The van der Waals surface area contributed by atoms with E-state index < -0.39 is 0 Å². The minimum atomic E-state index is 0.472. The van der Waals surface area contributed by atoms with E-state index in [1.807, 2.05) is 0 Å². The highest BCUT2D eigenvalue weighted by Crippen LogP contribution is 2.45. The minimum Gasteiger partial charge on any atom is -0.330 e. The molecule has 0 atom stereocenters. The molecule has 0 bridgehead atoms. The van der Waals surface area contributed by atoms with E-state index in [9.17, 15) is 0 Å². The highest BCUT2D eigenvalue weighted by atomic mass is 15.1. The number of hydrogen-bond acceptors (Lipinski definition) is 2. The summed E-state index contributed by atoms with van der Waals surface area (Å²) in [5.41, 5.74) is 9.44. The first-order chi connectivity index (χ1) is 8.31. The second-order valence-electron chi connectivity index (χ2n) is 5.79. The predicted octanol–water partition coefficient (Wildman–Crippen LogP) is 2.17. The van der Waals surface area contributed by atoms with Crippen molar-refractivity contribution in [3.8, 4) is 0 Å². The van der Waals surface area contributed by atoms with E-state index in [-0.39, 0.29) is 0 Å². The fourth-order valence-electron chi connectivity index (χ4n) is 2.98. The Morgan fingerprint density at radius 1 is 1.18 bits per heavy atom. The number of fused-ring (bicyclic) bond motifs is 1. The van der Waals surface area contributed by atoms with Crippen LogP contribution in [0.15, 0.2) is 24.3 Å². The van der Waals surface area contributed by atoms with Crippen molar-refractivity contribution in [3.63, 3.8) is 0 Å². The number of aryl methyl sites for hydroxylation is 1. The van der Waals surface area contributed by atoms with Gasteiger partial charge in [0.2, 0.25) is 0 Å². The van der Waals surface area contributed by atoms with Gasteiger partial charge in [0, 0.05) is 13.1 Å². The van der Waals surface area contributed by atoms with Crippen LogP contribution in [0.4, 0.5) is 0 Å². The van der Waals surface area contributed by atoms with Crippen LogP contribution in [-0.2, 0) is 13.0 Å². The summed E-state index contributed by atoms with van der Waals surface area (Å²) in [5.74, 6) is 0. The van der Waals surface area contributed by atoms with E-state index in [1.165, 1.54) is 44.3 Å². The summed E-state index contributed by atoms with van der Waals surface area (Å²) in [5, 5.41) is 0. The summed E-state index contributed by atoms with van der Waals surface area (Å²) in [7, 11) is 0. The molecule has 1 aromatic rings. The minimum absolute atomic E-state index is 0.472. The summed E-state index contributed by atoms with van der Waals surface area (Å²) in [6.45, 7) is 4.43. The fourth-order valence-corrected chi connectivity index (χ4v) is 2.98. The van der Waals surface area contributed by atoms with Gasteiger partial charge in [-0.3, -0.25) is 4.90 Å². The molecule has 2 nitrogen and oxygen atoms in total. The monoisotopic (exact) mass is 230 g/mol. The maximum absolute atomic E-state index is 5.89. The largest absolute Gasteiger partial charge is 0.330 e. The third-order valence-corrected chi connectivity index (χ3v) is 4.38. The Morgan fingerprint density at radius 2 is 1.94 bits per heavy atom. The Labute approximate surface area is 104 Å². The zero-order chi connectivity index (χ0) is 11.7. The van der Waals surface area contributed by atoms with E-state index in [1.54, 1.807) is 5.56 Å². The van der Waals surface area contributed by atoms with Gasteiger partial charge in [-0.15, -0.1) is 0 Å². The molecule has 0 radical (unpaired) electrons. The maximum atomic E-state index is 5.89. The lowest BCUT2D eigenvalue weighted by Crippen LogP contribution is -2.34. The van der Waals surface area contributed by atoms with E-state index >= 15 is 0 Å². The summed E-state index contributed by atoms with van der Waals surface area (Å²) in [6.07, 6.45) is 5.20. The molecule has 1 saturated carbocycles. The highest BCUT2D eigenvalue weighted by molar-refractivity contribution is 5.28. The molecular formula is C15H22N2. The van der Waals surface area contributed by atoms with Crippen LogP contribution in [0.25, 0.3) is 0 Å². The van der Waals surface area contributed by atoms with Crippen LogP contribution < -0.4 is 5.73 Å². The van der Waals surface area contributed by atoms with Crippen molar-refractivity contribution in [2.75, 3.05) is 19.6 Å². The lowest BCUT2D eigenvalue weighted by Gasteiger charge is -2.25. The Balaban J connectivity index is 1.72. The van der Waals surface area contributed by atoms with Crippen molar-refractivity contribution in [2.45, 2.75) is 32.2 Å². The quantitative estimate of drug-likeness (QED) is 0.862. The Kier molecular flexibility index (Phi) is 2.93. The molecule has 1 fully saturated rings. The molecule has 0 unspecified atom stereocenters. The van der Waals surface area contributed by atoms with Crippen LogP contribution in [0.2, 0.25) is 0 Å². The lowest BCUT2D eigenvalue weighted by atomic mass is 10.0. The number of nitrogens with zero attached hydrogens (tertiary/aromatic N) is 1. The lowest BCUT2D eigenvalue weighted by molar-refractivity contribution is 0.217. The van der Waals surface area contributed by atoms with Crippen LogP contribution in [-0.4, -0.2) is 24.5 Å². The van der Waals surface area contributed by atoms with Gasteiger partial charge < -0.3 is 5.73 Å². The molecule has 2 heteroatoms. The third kappa shape index (κ3) is 2.38. The van der Waals surface area contributed by atoms with Crippen molar-refractivity contribution in [2.24, 2.45) is 11.1 Å². The molecule has 0 aromatic heterocycles. The standard InChI is InChI=1S/C15H22N2/c16-11-15(7-8-15)12-17-9-3-6-13-4-1-2-5-14(13)10-17/h1-2,4-5H,3,6-12,16H2. The first kappa shape index (κ1) is 11.2. The van der Waals surface area contributed by atoms with Crippen LogP contribution in [0, 0.1) is 5.41 Å². The summed E-state index contributed by atoms with van der Waals surface area (Å²) >= 11 is 0. The fraction of sp³-hybridized carbons (Fsp3) is 0.600. The molecular weight excluding hydrogens is 208 g/mol. The van der Waals surface area contributed by atoms with E-state index in [0.29, 0.717) is 5.41 Å². The summed E-state index contributed by atoms with van der Waals surface area (Å²) in [6, 6.07) is 8.90. The number of benzene rings is 1. The van der Waals surface area contributed by atoms with E-state index in [2.05, 4.69) is 29.2 Å². The van der Waals surface area contributed by atoms with Gasteiger partial charge in [-0.05, 0) is 55.3 Å². The van der Waals surface area contributed by atoms with Crippen LogP contribution >= 0.6 is 0 Å². The van der Waals surface area contributed by atoms with Gasteiger partial charge in [0.05, 0.1) is 0 Å². The van der Waals surface area contributed by atoms with Crippen molar-refractivity contribution in [1.29, 1.82) is 0 Å². The molecule has 0 spiro atoms. The molecule has 0 saturated heterocycles. The van der Waals surface area contributed by atoms with Gasteiger partial charge >= 0.3 is 0 Å². The highest BCUT2D eigenvalue weighted by Gasteiger charge is 2.42. The van der Waals surface area contributed by atoms with Gasteiger partial charge in [0.15, 0.2) is 0 Å². The van der Waals surface area contributed by atoms with Gasteiger partial charge in [-0.1, -0.05) is 24.3 Å². The number of rotatable bonds is 3. The van der Waals surface area contributed by atoms with Crippen LogP contribution in [0.1, 0.15) is 30.4 Å². The van der Waals surface area contributed by atoms with Crippen LogP contribution in [0.5, 0.6) is 0 Å². The summed E-state index contributed by atoms with van der Waals surface area (Å²) < 4.78 is 0. The Hall–Kier alpha value is -0.860. The van der Waals surface area contributed by atoms with Crippen molar-refractivity contribution in [1.82, 2.24) is 4.90 Å². The van der Waals surface area contributed by atoms with Gasteiger partial charge in [0.1, 0.15) is 0 Å². The van der Waals surface area contributed by atoms with E-state index in [4.69, 9.17) is 5.73 Å². The molecule has 2 N–H and O–H groups in total. The molecule has 1 aliphatic carbocycles. The first-order valence-corrected chi connectivity index (χ1v) is 6.81. The third-order valence-electron chi connectivity index (χ3n) is 4.38. The smallest absolute Gasteiger partial charge is 0.0236 e. The predicted molar refractivity (Wildman–Crippen MR) is 70.8 cm³/mol. The maximum Gasteiger partial charge on any atom is 0.0236 e. The second-order valence-corrected chi connectivity index (χ2v) is 5.79. The summed E-state index contributed by atoms with van der Waals surface area (Å²) in [4.78, 5) is 2.62. The molecule has 0 amide bonds. The van der Waals surface area contributed by atoms with Gasteiger partial charge in [0.25, 0.3) is 0 Å². The zero-order valence-electron chi connectivity index (χ0n) is 10.5. The van der Waals surface area contributed by atoms with Crippen molar-refractivity contribution >= 4 is 0 Å². The number of hydrogen-bond donors (Lipinski definition) is 1. The molecule has 2 aliphatic rings. The first-order valence-electron chi connectivity index (χ1n) is 6.81. The Morgan fingerprint density at radius 3 is 2.65 bits per heavy atom. The van der Waals surface area contributed by atoms with Crippen LogP contribution in [0.3, 0.4) is 0 Å².